The van der Waals surface area contributed by atoms with E-state index in [0.29, 0.717) is 87.2 Å². The molecule has 0 fully saturated rings. The van der Waals surface area contributed by atoms with Gasteiger partial charge in [0, 0.05) is 27.3 Å². The third-order valence-corrected chi connectivity index (χ3v) is 4.78. The molecule has 0 aliphatic heterocycles. The maximum Gasteiger partial charge on any atom is 0.123 e. The highest BCUT2D eigenvalue weighted by atomic mass is 16.6. The first-order chi connectivity index (χ1) is 18.8. The zero-order valence-electron chi connectivity index (χ0n) is 20.7. The van der Waals surface area contributed by atoms with Crippen LogP contribution in [0, 0.1) is 0 Å². The molecule has 198 valence electrons. The summed E-state index contributed by atoms with van der Waals surface area (Å²) in [5.74, 6) is 2.71. The van der Waals surface area contributed by atoms with Crippen molar-refractivity contribution in [2.75, 3.05) is 52.9 Å². The van der Waals surface area contributed by atoms with Gasteiger partial charge < -0.3 is 28.4 Å². The molecular formula is C26H28N6O6. The minimum atomic E-state index is 0.391. The van der Waals surface area contributed by atoms with Crippen LogP contribution in [0.1, 0.15) is 0 Å². The molecule has 0 heterocycles. The normalized spacial score (nSPS) is 10.1. The fourth-order valence-electron chi connectivity index (χ4n) is 3.05. The van der Waals surface area contributed by atoms with Crippen molar-refractivity contribution < 1.29 is 28.4 Å². The number of hydrogen-bond donors (Lipinski definition) is 0. The van der Waals surface area contributed by atoms with Crippen molar-refractivity contribution in [2.24, 2.45) is 10.2 Å². The van der Waals surface area contributed by atoms with Gasteiger partial charge in [-0.05, 0) is 71.7 Å². The lowest BCUT2D eigenvalue weighted by molar-refractivity contribution is 0.0747. The molecular weight excluding hydrogens is 492 g/mol. The minimum Gasteiger partial charge on any atom is -0.491 e. The fraction of sp³-hybridized carbons (Fsp3) is 0.308. The summed E-state index contributed by atoms with van der Waals surface area (Å²) in [5, 5.41) is 7.02. The zero-order valence-corrected chi connectivity index (χ0v) is 20.7. The lowest BCUT2D eigenvalue weighted by Gasteiger charge is -2.11. The van der Waals surface area contributed by atoms with E-state index in [-0.39, 0.29) is 0 Å². The molecule has 0 aliphatic carbocycles. The van der Waals surface area contributed by atoms with Crippen molar-refractivity contribution in [3.63, 3.8) is 0 Å². The first-order valence-corrected chi connectivity index (χ1v) is 11.8. The van der Waals surface area contributed by atoms with Crippen LogP contribution in [0.5, 0.6) is 23.0 Å². The second-order valence-electron chi connectivity index (χ2n) is 7.46. The molecule has 0 bridgehead atoms. The Bertz CT molecular complexity index is 1100. The van der Waals surface area contributed by atoms with E-state index in [0.717, 1.165) is 0 Å². The van der Waals surface area contributed by atoms with Gasteiger partial charge in [-0.1, -0.05) is 16.3 Å². The van der Waals surface area contributed by atoms with Crippen molar-refractivity contribution in [2.45, 2.75) is 0 Å². The van der Waals surface area contributed by atoms with Crippen molar-refractivity contribution in [3.05, 3.63) is 93.7 Å². The summed E-state index contributed by atoms with van der Waals surface area (Å²) in [4.78, 5) is 5.47. The second kappa shape index (κ2) is 17.0. The molecule has 0 aromatic heterocycles. The van der Waals surface area contributed by atoms with Crippen LogP contribution in [0.15, 0.2) is 83.0 Å². The quantitative estimate of drug-likeness (QED) is 0.0805. The monoisotopic (exact) mass is 520 g/mol. The summed E-state index contributed by atoms with van der Waals surface area (Å²) in [6.07, 6.45) is 0. The van der Waals surface area contributed by atoms with Crippen LogP contribution in [0.2, 0.25) is 0 Å². The number of benzene rings is 3. The Morgan fingerprint density at radius 1 is 0.474 bits per heavy atom. The van der Waals surface area contributed by atoms with E-state index in [9.17, 15) is 0 Å². The van der Waals surface area contributed by atoms with Crippen LogP contribution in [-0.4, -0.2) is 52.9 Å². The van der Waals surface area contributed by atoms with Gasteiger partial charge >= 0.3 is 0 Å². The van der Waals surface area contributed by atoms with Crippen LogP contribution in [-0.2, 0) is 9.47 Å². The fourth-order valence-corrected chi connectivity index (χ4v) is 3.05. The number of azide groups is 2. The summed E-state index contributed by atoms with van der Waals surface area (Å²) >= 11 is 0. The van der Waals surface area contributed by atoms with E-state index in [1.54, 1.807) is 48.5 Å². The van der Waals surface area contributed by atoms with Gasteiger partial charge in [-0.3, -0.25) is 0 Å². The Balaban J connectivity index is 1.20. The van der Waals surface area contributed by atoms with E-state index >= 15 is 0 Å². The van der Waals surface area contributed by atoms with Crippen LogP contribution in [0.3, 0.4) is 0 Å². The maximum absolute atomic E-state index is 8.41. The number of rotatable bonds is 18. The number of ether oxygens (including phenoxy) is 6. The van der Waals surface area contributed by atoms with Gasteiger partial charge in [0.15, 0.2) is 0 Å². The Hall–Kier alpha value is -4.60. The molecule has 0 saturated heterocycles. The van der Waals surface area contributed by atoms with Crippen LogP contribution >= 0.6 is 0 Å². The van der Waals surface area contributed by atoms with Gasteiger partial charge in [0.05, 0.1) is 26.4 Å². The first-order valence-electron chi connectivity index (χ1n) is 11.8. The van der Waals surface area contributed by atoms with Crippen molar-refractivity contribution in [1.29, 1.82) is 0 Å². The smallest absolute Gasteiger partial charge is 0.123 e. The second-order valence-corrected chi connectivity index (χ2v) is 7.46. The summed E-state index contributed by atoms with van der Waals surface area (Å²) in [7, 11) is 0. The molecule has 0 amide bonds. The summed E-state index contributed by atoms with van der Waals surface area (Å²) in [5.41, 5.74) is 17.9. The average molecular weight is 521 g/mol. The average Bonchev–Trinajstić information content (AvgIpc) is 2.94. The van der Waals surface area contributed by atoms with Gasteiger partial charge in [-0.25, -0.2) is 0 Å². The predicted molar refractivity (Wildman–Crippen MR) is 141 cm³/mol. The largest absolute Gasteiger partial charge is 0.491 e. The highest BCUT2D eigenvalue weighted by Gasteiger charge is 2.00. The lowest BCUT2D eigenvalue weighted by atomic mass is 10.3. The topological polar surface area (TPSA) is 153 Å². The molecule has 0 unspecified atom stereocenters. The highest BCUT2D eigenvalue weighted by Crippen LogP contribution is 2.20. The van der Waals surface area contributed by atoms with Gasteiger partial charge in [-0.2, -0.15) is 0 Å². The summed E-state index contributed by atoms with van der Waals surface area (Å²) < 4.78 is 33.6. The Labute approximate surface area is 219 Å². The van der Waals surface area contributed by atoms with E-state index in [1.165, 1.54) is 0 Å². The summed E-state index contributed by atoms with van der Waals surface area (Å²) in [6.45, 7) is 3.23. The van der Waals surface area contributed by atoms with Gasteiger partial charge in [0.2, 0.25) is 0 Å². The maximum atomic E-state index is 8.41. The van der Waals surface area contributed by atoms with Gasteiger partial charge in [0.1, 0.15) is 49.4 Å². The molecule has 0 saturated carbocycles. The molecule has 38 heavy (non-hydrogen) atoms. The van der Waals surface area contributed by atoms with Crippen molar-refractivity contribution in [3.8, 4) is 23.0 Å². The van der Waals surface area contributed by atoms with E-state index < -0.39 is 0 Å². The van der Waals surface area contributed by atoms with Crippen molar-refractivity contribution in [1.82, 2.24) is 0 Å². The Morgan fingerprint density at radius 3 is 1.21 bits per heavy atom. The number of hydrogen-bond acceptors (Lipinski definition) is 8. The van der Waals surface area contributed by atoms with Gasteiger partial charge in [-0.15, -0.1) is 0 Å². The molecule has 0 radical (unpaired) electrons. The third kappa shape index (κ3) is 11.0. The zero-order chi connectivity index (χ0) is 26.7. The highest BCUT2D eigenvalue weighted by molar-refractivity contribution is 5.41. The minimum absolute atomic E-state index is 0.391. The van der Waals surface area contributed by atoms with Crippen LogP contribution in [0.25, 0.3) is 20.9 Å². The summed E-state index contributed by atoms with van der Waals surface area (Å²) in [6, 6.07) is 21.0. The molecule has 0 atom stereocenters. The van der Waals surface area contributed by atoms with E-state index in [1.807, 2.05) is 24.3 Å². The Kier molecular flexibility index (Phi) is 12.5. The first kappa shape index (κ1) is 28.0. The van der Waals surface area contributed by atoms with Crippen molar-refractivity contribution >= 4 is 11.4 Å². The molecule has 12 heteroatoms. The molecule has 0 spiro atoms. The Morgan fingerprint density at radius 2 is 0.842 bits per heavy atom. The molecule has 0 N–H and O–H groups in total. The SMILES string of the molecule is [N-]=[N+]=Nc1ccc(OCCOCCOc2cccc(OCCOCCOc3ccc(N=[N+]=[N-])cc3)c2)cc1. The van der Waals surface area contributed by atoms with Crippen LogP contribution < -0.4 is 18.9 Å². The predicted octanol–water partition coefficient (Wildman–Crippen LogP) is 6.52. The molecule has 3 rings (SSSR count). The third-order valence-electron chi connectivity index (χ3n) is 4.78. The van der Waals surface area contributed by atoms with E-state index in [2.05, 4.69) is 20.1 Å². The van der Waals surface area contributed by atoms with Gasteiger partial charge in [0.25, 0.3) is 0 Å². The van der Waals surface area contributed by atoms with Crippen LogP contribution in [0.4, 0.5) is 11.4 Å². The molecule has 3 aromatic rings. The molecule has 12 nitrogen and oxygen atoms in total. The number of nitrogens with zero attached hydrogens (tertiary/aromatic N) is 6. The lowest BCUT2D eigenvalue weighted by Crippen LogP contribution is -2.12. The standard InChI is InChI=1S/C26H28N6O6/c27-31-29-21-4-8-23(9-5-21)35-16-12-33-14-18-37-25-2-1-3-26(20-25)38-19-15-34-13-17-36-24-10-6-22(7-11-24)30-32-28/h1-11,20H,12-19H2. The van der Waals surface area contributed by atoms with E-state index in [4.69, 9.17) is 39.5 Å². The molecule has 3 aromatic carbocycles. The molecule has 0 aliphatic rings.